The van der Waals surface area contributed by atoms with E-state index in [1.807, 2.05) is 6.92 Å². The third-order valence-corrected chi connectivity index (χ3v) is 6.82. The minimum absolute atomic E-state index is 0.0858. The predicted molar refractivity (Wildman–Crippen MR) is 62.7 cm³/mol. The number of nitrogens with zero attached hydrogens (tertiary/aromatic N) is 1. The Bertz CT molecular complexity index is 192. The van der Waals surface area contributed by atoms with Gasteiger partial charge in [0.2, 0.25) is 0 Å². The minimum atomic E-state index is -2.30. The maximum Gasteiger partial charge on any atom is 0.355 e. The van der Waals surface area contributed by atoms with Gasteiger partial charge in [-0.15, -0.1) is 0 Å². The second-order valence-electron chi connectivity index (χ2n) is 3.14. The SMILES string of the molecule is CCC(C#N)[Si](CCCS)(OC)OC. The van der Waals surface area contributed by atoms with Gasteiger partial charge in [0.1, 0.15) is 0 Å². The third kappa shape index (κ3) is 3.28. The molecule has 0 rings (SSSR count). The molecule has 0 fully saturated rings. The quantitative estimate of drug-likeness (QED) is 0.542. The molecule has 1 unspecified atom stereocenters. The molecule has 3 nitrogen and oxygen atoms in total. The summed E-state index contributed by atoms with van der Waals surface area (Å²) in [6.07, 6.45) is 1.73. The fourth-order valence-corrected chi connectivity index (χ4v) is 5.01. The average molecular weight is 233 g/mol. The van der Waals surface area contributed by atoms with Gasteiger partial charge >= 0.3 is 8.56 Å². The van der Waals surface area contributed by atoms with Gasteiger partial charge in [-0.3, -0.25) is 0 Å². The fourth-order valence-electron chi connectivity index (χ4n) is 1.57. The van der Waals surface area contributed by atoms with Crippen LogP contribution in [0, 0.1) is 11.3 Å². The van der Waals surface area contributed by atoms with Crippen LogP contribution in [-0.2, 0) is 8.85 Å². The molecule has 0 aliphatic rings. The fraction of sp³-hybridized carbons (Fsp3) is 0.889. The second kappa shape index (κ2) is 7.29. The van der Waals surface area contributed by atoms with Crippen LogP contribution in [0.4, 0.5) is 0 Å². The van der Waals surface area contributed by atoms with Crippen molar-refractivity contribution >= 4 is 21.2 Å². The van der Waals surface area contributed by atoms with Gasteiger partial charge in [-0.05, 0) is 24.6 Å². The largest absolute Gasteiger partial charge is 0.397 e. The summed E-state index contributed by atoms with van der Waals surface area (Å²) in [7, 11) is 0.990. The van der Waals surface area contributed by atoms with E-state index in [1.165, 1.54) is 0 Å². The molecule has 0 aromatic carbocycles. The van der Waals surface area contributed by atoms with Crippen LogP contribution in [0.25, 0.3) is 0 Å². The molecule has 0 radical (unpaired) electrons. The zero-order valence-corrected chi connectivity index (χ0v) is 11.0. The average Bonchev–Trinajstić information content (AvgIpc) is 2.24. The Kier molecular flexibility index (Phi) is 7.28. The Labute approximate surface area is 93.1 Å². The van der Waals surface area contributed by atoms with Crippen molar-refractivity contribution in [2.75, 3.05) is 20.0 Å². The molecule has 0 saturated carbocycles. The first-order chi connectivity index (χ1) is 6.70. The van der Waals surface area contributed by atoms with E-state index in [4.69, 9.17) is 14.1 Å². The molecule has 0 aliphatic heterocycles. The second-order valence-corrected chi connectivity index (χ2v) is 7.22. The Morgan fingerprint density at radius 1 is 1.43 bits per heavy atom. The lowest BCUT2D eigenvalue weighted by Crippen LogP contribution is -2.44. The first-order valence-corrected chi connectivity index (χ1v) is 7.54. The summed E-state index contributed by atoms with van der Waals surface area (Å²) in [4.78, 5) is 0. The summed E-state index contributed by atoms with van der Waals surface area (Å²) >= 11 is 4.17. The zero-order valence-electron chi connectivity index (χ0n) is 9.12. The highest BCUT2D eigenvalue weighted by atomic mass is 32.1. The molecule has 0 aromatic rings. The highest BCUT2D eigenvalue weighted by molar-refractivity contribution is 7.80. The van der Waals surface area contributed by atoms with Gasteiger partial charge in [0.15, 0.2) is 0 Å². The van der Waals surface area contributed by atoms with Crippen LogP contribution in [0.15, 0.2) is 0 Å². The lowest BCUT2D eigenvalue weighted by Gasteiger charge is -2.30. The lowest BCUT2D eigenvalue weighted by atomic mass is 10.4. The van der Waals surface area contributed by atoms with Crippen molar-refractivity contribution in [2.45, 2.75) is 31.4 Å². The maximum absolute atomic E-state index is 9.03. The van der Waals surface area contributed by atoms with Gasteiger partial charge in [-0.25, -0.2) is 0 Å². The van der Waals surface area contributed by atoms with Crippen molar-refractivity contribution in [1.82, 2.24) is 0 Å². The highest BCUT2D eigenvalue weighted by Gasteiger charge is 2.43. The van der Waals surface area contributed by atoms with Gasteiger partial charge in [0.05, 0.1) is 11.6 Å². The molecule has 1 atom stereocenters. The van der Waals surface area contributed by atoms with Gasteiger partial charge in [0, 0.05) is 14.2 Å². The summed E-state index contributed by atoms with van der Waals surface area (Å²) in [5.41, 5.74) is -0.0858. The molecular formula is C9H19NO2SSi. The van der Waals surface area contributed by atoms with Crippen LogP contribution >= 0.6 is 12.6 Å². The number of thiol groups is 1. The topological polar surface area (TPSA) is 42.2 Å². The van der Waals surface area contributed by atoms with Crippen molar-refractivity contribution in [2.24, 2.45) is 0 Å². The first kappa shape index (κ1) is 14.0. The lowest BCUT2D eigenvalue weighted by molar-refractivity contribution is 0.233. The van der Waals surface area contributed by atoms with E-state index in [0.29, 0.717) is 0 Å². The number of hydrogen-bond acceptors (Lipinski definition) is 4. The smallest absolute Gasteiger partial charge is 0.355 e. The number of hydrogen-bond donors (Lipinski definition) is 1. The van der Waals surface area contributed by atoms with Crippen LogP contribution < -0.4 is 0 Å². The summed E-state index contributed by atoms with van der Waals surface area (Å²) in [6.45, 7) is 1.99. The molecule has 14 heavy (non-hydrogen) atoms. The van der Waals surface area contributed by atoms with Gasteiger partial charge in [-0.1, -0.05) is 6.92 Å². The van der Waals surface area contributed by atoms with E-state index in [9.17, 15) is 0 Å². The van der Waals surface area contributed by atoms with Crippen LogP contribution in [-0.4, -0.2) is 28.5 Å². The van der Waals surface area contributed by atoms with E-state index >= 15 is 0 Å². The van der Waals surface area contributed by atoms with Gasteiger partial charge in [-0.2, -0.15) is 17.9 Å². The normalized spacial score (nSPS) is 13.6. The van der Waals surface area contributed by atoms with Crippen molar-refractivity contribution in [3.63, 3.8) is 0 Å². The van der Waals surface area contributed by atoms with Crippen LogP contribution in [0.3, 0.4) is 0 Å². The molecule has 0 bridgehead atoms. The molecular weight excluding hydrogens is 214 g/mol. The Morgan fingerprint density at radius 2 is 2.00 bits per heavy atom. The molecule has 0 aromatic heterocycles. The molecule has 0 heterocycles. The van der Waals surface area contributed by atoms with E-state index < -0.39 is 8.56 Å². The number of nitriles is 1. The van der Waals surface area contributed by atoms with Crippen molar-refractivity contribution in [3.05, 3.63) is 0 Å². The molecule has 82 valence electrons. The van der Waals surface area contributed by atoms with Gasteiger partial charge in [0.25, 0.3) is 0 Å². The van der Waals surface area contributed by atoms with E-state index in [2.05, 4.69) is 18.7 Å². The highest BCUT2D eigenvalue weighted by Crippen LogP contribution is 2.30. The summed E-state index contributed by atoms with van der Waals surface area (Å²) in [6, 6.07) is 3.13. The number of rotatable bonds is 7. The molecule has 5 heteroatoms. The maximum atomic E-state index is 9.03. The molecule has 0 saturated heterocycles. The van der Waals surface area contributed by atoms with Crippen molar-refractivity contribution < 1.29 is 8.85 Å². The predicted octanol–water partition coefficient (Wildman–Crippen LogP) is 2.35. The molecule has 0 N–H and O–H groups in total. The Balaban J connectivity index is 4.58. The van der Waals surface area contributed by atoms with Crippen molar-refractivity contribution in [3.8, 4) is 6.07 Å². The van der Waals surface area contributed by atoms with E-state index in [1.54, 1.807) is 14.2 Å². The van der Waals surface area contributed by atoms with Crippen LogP contribution in [0.2, 0.25) is 11.6 Å². The third-order valence-electron chi connectivity index (χ3n) is 2.47. The van der Waals surface area contributed by atoms with E-state index in [0.717, 1.165) is 24.6 Å². The molecule has 0 amide bonds. The Morgan fingerprint density at radius 3 is 2.29 bits per heavy atom. The molecule has 0 aliphatic carbocycles. The first-order valence-electron chi connectivity index (χ1n) is 4.81. The van der Waals surface area contributed by atoms with E-state index in [-0.39, 0.29) is 5.54 Å². The summed E-state index contributed by atoms with van der Waals surface area (Å²) < 4.78 is 11.0. The summed E-state index contributed by atoms with van der Waals surface area (Å²) in [5.74, 6) is 0.809. The van der Waals surface area contributed by atoms with Crippen molar-refractivity contribution in [1.29, 1.82) is 5.26 Å². The molecule has 0 spiro atoms. The zero-order chi connectivity index (χ0) is 11.0. The summed E-state index contributed by atoms with van der Waals surface area (Å²) in [5, 5.41) is 9.03. The Hall–Kier alpha value is -0.0231. The van der Waals surface area contributed by atoms with Gasteiger partial charge < -0.3 is 8.85 Å². The monoisotopic (exact) mass is 233 g/mol. The minimum Gasteiger partial charge on any atom is -0.397 e. The van der Waals surface area contributed by atoms with Crippen LogP contribution in [0.5, 0.6) is 0 Å². The van der Waals surface area contributed by atoms with Crippen LogP contribution in [0.1, 0.15) is 19.8 Å². The standard InChI is InChI=1S/C9H19NO2SSi/c1-4-9(8-10)14(11-2,12-3)7-5-6-13/h9,13H,4-7H2,1-3H3.